The van der Waals surface area contributed by atoms with Gasteiger partial charge in [-0.1, -0.05) is 36.4 Å². The normalized spacial score (nSPS) is 29.4. The first kappa shape index (κ1) is 28.1. The van der Waals surface area contributed by atoms with E-state index in [4.69, 9.17) is 9.72 Å². The van der Waals surface area contributed by atoms with Gasteiger partial charge in [-0.15, -0.1) is 6.58 Å². The van der Waals surface area contributed by atoms with Crippen LogP contribution in [0.1, 0.15) is 44.1 Å². The predicted octanol–water partition coefficient (Wildman–Crippen LogP) is 6.42. The molecule has 5 heterocycles. The highest BCUT2D eigenvalue weighted by molar-refractivity contribution is 9.10. The minimum atomic E-state index is -0.888. The third kappa shape index (κ3) is 4.79. The van der Waals surface area contributed by atoms with Crippen molar-refractivity contribution in [3.63, 3.8) is 0 Å². The van der Waals surface area contributed by atoms with Crippen LogP contribution in [0, 0.1) is 11.6 Å². The summed E-state index contributed by atoms with van der Waals surface area (Å²) in [6.45, 7) is 7.02. The molecule has 7 rings (SSSR count). The Kier molecular flexibility index (Phi) is 7.43. The highest BCUT2D eigenvalue weighted by Gasteiger charge is 2.50. The number of ether oxygens (including phenoxy) is 1. The van der Waals surface area contributed by atoms with Crippen molar-refractivity contribution in [1.29, 1.82) is 0 Å². The van der Waals surface area contributed by atoms with Crippen LogP contribution in [0.25, 0.3) is 10.9 Å². The maximum absolute atomic E-state index is 15.4. The van der Waals surface area contributed by atoms with Gasteiger partial charge < -0.3 is 9.64 Å². The Hall–Kier alpha value is -2.69. The van der Waals surface area contributed by atoms with E-state index in [0.29, 0.717) is 37.1 Å². The van der Waals surface area contributed by atoms with Crippen LogP contribution < -0.4 is 9.64 Å². The summed E-state index contributed by atoms with van der Waals surface area (Å²) in [6, 6.07) is 11.8. The van der Waals surface area contributed by atoms with Gasteiger partial charge in [-0.25, -0.2) is 13.2 Å². The van der Waals surface area contributed by atoms with Crippen LogP contribution in [0.15, 0.2) is 53.5 Å². The molecule has 3 aromatic rings. The molecule has 5 atom stereocenters. The van der Waals surface area contributed by atoms with Gasteiger partial charge in [-0.05, 0) is 60.1 Å². The lowest BCUT2D eigenvalue weighted by Crippen LogP contribution is -2.59. The highest BCUT2D eigenvalue weighted by Crippen LogP contribution is 2.44. The lowest BCUT2D eigenvalue weighted by molar-refractivity contribution is 0.107. The lowest BCUT2D eigenvalue weighted by atomic mass is 9.95. The average Bonchev–Trinajstić information content (AvgIpc) is 3.60. The summed E-state index contributed by atoms with van der Waals surface area (Å²) in [6.07, 6.45) is 6.00. The zero-order chi connectivity index (χ0) is 29.0. The van der Waals surface area contributed by atoms with Crippen LogP contribution in [0.4, 0.5) is 19.0 Å². The van der Waals surface area contributed by atoms with Crippen LogP contribution in [-0.4, -0.2) is 75.8 Å². The van der Waals surface area contributed by atoms with Gasteiger partial charge in [-0.2, -0.15) is 9.97 Å². The SMILES string of the molecule is C=CC[C@H]1[C@H]2CC[C@@H](CN1c1nc(OC[C@@]34CCCN3C[C@H](F)C4)nc3c(F)cc(F)c(Br)c13)N2Cc1ccccc1. The molecule has 0 unspecified atom stereocenters. The number of alkyl halides is 1. The van der Waals surface area contributed by atoms with E-state index >= 15 is 4.39 Å². The summed E-state index contributed by atoms with van der Waals surface area (Å²) in [7, 11) is 0. The summed E-state index contributed by atoms with van der Waals surface area (Å²) in [5.74, 6) is -1.01. The van der Waals surface area contributed by atoms with E-state index in [1.807, 2.05) is 12.1 Å². The third-order valence-electron chi connectivity index (χ3n) is 9.84. The van der Waals surface area contributed by atoms with Gasteiger partial charge in [0.1, 0.15) is 29.9 Å². The Morgan fingerprint density at radius 3 is 2.76 bits per heavy atom. The van der Waals surface area contributed by atoms with Crippen molar-refractivity contribution in [2.75, 3.05) is 31.1 Å². The van der Waals surface area contributed by atoms with Crippen LogP contribution in [0.5, 0.6) is 6.01 Å². The van der Waals surface area contributed by atoms with Crippen molar-refractivity contribution in [1.82, 2.24) is 19.8 Å². The molecule has 4 saturated heterocycles. The number of anilines is 1. The zero-order valence-corrected chi connectivity index (χ0v) is 25.1. The zero-order valence-electron chi connectivity index (χ0n) is 23.5. The quantitative estimate of drug-likeness (QED) is 0.209. The minimum absolute atomic E-state index is 0.000172. The standard InChI is InChI=1S/C32H35BrF3N5O/c1-2-7-25-26-11-10-22(40(26)16-20-8-4-3-5-9-20)18-41(25)30-27-28(33)23(35)14-24(36)29(27)37-31(38-30)42-19-32-12-6-13-39(32)17-21(34)15-32/h2-5,8-9,14,21-22,25-26H,1,6-7,10-13,15-19H2/t21-,22+,25+,26-,32+/m1/s1. The molecule has 2 bridgehead atoms. The molecule has 0 aliphatic carbocycles. The second-order valence-electron chi connectivity index (χ2n) is 12.3. The molecule has 4 aliphatic heterocycles. The Bertz CT molecular complexity index is 1490. The van der Waals surface area contributed by atoms with Crippen LogP contribution in [-0.2, 0) is 6.54 Å². The molecule has 0 spiro atoms. The molecule has 4 aliphatic rings. The smallest absolute Gasteiger partial charge is 0.319 e. The fraction of sp³-hybridized carbons (Fsp3) is 0.500. The van der Waals surface area contributed by atoms with Crippen molar-refractivity contribution in [3.05, 3.63) is 70.7 Å². The molecule has 4 fully saturated rings. The van der Waals surface area contributed by atoms with E-state index < -0.39 is 23.3 Å². The molecular weight excluding hydrogens is 607 g/mol. The van der Waals surface area contributed by atoms with E-state index in [2.05, 4.69) is 66.5 Å². The van der Waals surface area contributed by atoms with Gasteiger partial charge in [0.2, 0.25) is 0 Å². The summed E-state index contributed by atoms with van der Waals surface area (Å²) in [5, 5.41) is 0.301. The van der Waals surface area contributed by atoms with Crippen LogP contribution >= 0.6 is 15.9 Å². The number of benzene rings is 2. The van der Waals surface area contributed by atoms with E-state index in [1.54, 1.807) is 0 Å². The number of aromatic nitrogens is 2. The van der Waals surface area contributed by atoms with Crippen molar-refractivity contribution in [3.8, 4) is 6.01 Å². The maximum atomic E-state index is 15.4. The third-order valence-corrected chi connectivity index (χ3v) is 10.6. The molecule has 0 radical (unpaired) electrons. The number of hydrogen-bond acceptors (Lipinski definition) is 6. The summed E-state index contributed by atoms with van der Waals surface area (Å²) in [5.41, 5.74) is 0.876. The fourth-order valence-electron chi connectivity index (χ4n) is 7.97. The molecule has 1 aromatic heterocycles. The maximum Gasteiger partial charge on any atom is 0.319 e. The number of rotatable bonds is 8. The topological polar surface area (TPSA) is 44.7 Å². The molecule has 2 aromatic carbocycles. The minimum Gasteiger partial charge on any atom is -0.461 e. The summed E-state index contributed by atoms with van der Waals surface area (Å²) in [4.78, 5) is 16.2. The predicted molar refractivity (Wildman–Crippen MR) is 160 cm³/mol. The number of hydrogen-bond donors (Lipinski definition) is 0. The molecule has 6 nitrogen and oxygen atoms in total. The number of piperazine rings is 1. The molecule has 0 N–H and O–H groups in total. The van der Waals surface area contributed by atoms with Gasteiger partial charge >= 0.3 is 6.01 Å². The molecule has 222 valence electrons. The van der Waals surface area contributed by atoms with Gasteiger partial charge in [0.25, 0.3) is 0 Å². The van der Waals surface area contributed by atoms with Gasteiger partial charge in [0.05, 0.1) is 15.4 Å². The molecule has 42 heavy (non-hydrogen) atoms. The number of fused-ring (bicyclic) bond motifs is 4. The Balaban J connectivity index is 1.27. The lowest BCUT2D eigenvalue weighted by Gasteiger charge is -2.47. The van der Waals surface area contributed by atoms with Crippen LogP contribution in [0.3, 0.4) is 0 Å². The van der Waals surface area contributed by atoms with Crippen LogP contribution in [0.2, 0.25) is 0 Å². The molecule has 0 saturated carbocycles. The summed E-state index contributed by atoms with van der Waals surface area (Å²) >= 11 is 3.39. The largest absolute Gasteiger partial charge is 0.461 e. The van der Waals surface area contributed by atoms with Gasteiger partial charge in [0.15, 0.2) is 5.82 Å². The Morgan fingerprint density at radius 1 is 1.12 bits per heavy atom. The molecular formula is C32H35BrF3N5O. The van der Waals surface area contributed by atoms with Crippen molar-refractivity contribution in [2.45, 2.75) is 74.9 Å². The van der Waals surface area contributed by atoms with E-state index in [9.17, 15) is 8.78 Å². The second kappa shape index (κ2) is 11.1. The Labute approximate surface area is 252 Å². The molecule has 10 heteroatoms. The van der Waals surface area contributed by atoms with Crippen molar-refractivity contribution >= 4 is 32.7 Å². The van der Waals surface area contributed by atoms with E-state index in [-0.39, 0.29) is 40.7 Å². The number of halogens is 4. The highest BCUT2D eigenvalue weighted by atomic mass is 79.9. The first-order valence-electron chi connectivity index (χ1n) is 14.9. The first-order chi connectivity index (χ1) is 20.4. The second-order valence-corrected chi connectivity index (χ2v) is 13.1. The van der Waals surface area contributed by atoms with Crippen molar-refractivity contribution < 1.29 is 17.9 Å². The number of nitrogens with zero attached hydrogens (tertiary/aromatic N) is 5. The fourth-order valence-corrected chi connectivity index (χ4v) is 8.45. The van der Waals surface area contributed by atoms with E-state index in [0.717, 1.165) is 44.8 Å². The van der Waals surface area contributed by atoms with Crippen molar-refractivity contribution in [2.24, 2.45) is 0 Å². The monoisotopic (exact) mass is 641 g/mol. The first-order valence-corrected chi connectivity index (χ1v) is 15.7. The molecule has 0 amide bonds. The van der Waals surface area contributed by atoms with E-state index in [1.165, 1.54) is 5.56 Å². The average molecular weight is 643 g/mol. The van der Waals surface area contributed by atoms with Gasteiger partial charge in [0, 0.05) is 50.2 Å². The Morgan fingerprint density at radius 2 is 1.95 bits per heavy atom. The van der Waals surface area contributed by atoms with Gasteiger partial charge in [-0.3, -0.25) is 9.80 Å². The summed E-state index contributed by atoms with van der Waals surface area (Å²) < 4.78 is 51.1.